The number of carbonyl (C=O) groups excluding carboxylic acids is 1. The van der Waals surface area contributed by atoms with Crippen LogP contribution in [0.25, 0.3) is 0 Å². The summed E-state index contributed by atoms with van der Waals surface area (Å²) in [5.74, 6) is -1.00. The van der Waals surface area contributed by atoms with Gasteiger partial charge in [0, 0.05) is 13.0 Å². The molecule has 0 saturated heterocycles. The van der Waals surface area contributed by atoms with Crippen LogP contribution >= 0.6 is 27.3 Å². The number of carbonyl (C=O) groups is 1. The van der Waals surface area contributed by atoms with Gasteiger partial charge in [0.2, 0.25) is 5.91 Å². The van der Waals surface area contributed by atoms with Crippen molar-refractivity contribution >= 4 is 54.6 Å². The molecule has 0 fully saturated rings. The molecule has 21 heavy (non-hydrogen) atoms. The molecular formula is C12H10BrFN2O3S2. The first-order valence-corrected chi connectivity index (χ1v) is 8.72. The number of hydrogen-bond donors (Lipinski definition) is 2. The highest BCUT2D eigenvalue weighted by Gasteiger charge is 2.19. The Bertz CT molecular complexity index is 790. The number of rotatable bonds is 4. The second-order valence-electron chi connectivity index (χ2n) is 4.04. The Kier molecular flexibility index (Phi) is 4.64. The summed E-state index contributed by atoms with van der Waals surface area (Å²) in [5, 5.41) is 2.44. The van der Waals surface area contributed by atoms with Crippen molar-refractivity contribution in [3.05, 3.63) is 39.9 Å². The summed E-state index contributed by atoms with van der Waals surface area (Å²) in [6.45, 7) is 1.28. The standard InChI is InChI=1S/C12H10BrFN2O3S2/c1-7(17)15-9-3-2-8(14)6-10(9)16-21(18,19)12-5-4-11(13)20-12/h2-6,16H,1H3,(H,15,17). The zero-order valence-electron chi connectivity index (χ0n) is 10.7. The van der Waals surface area contributed by atoms with Crippen LogP contribution in [0.4, 0.5) is 15.8 Å². The fraction of sp³-hybridized carbons (Fsp3) is 0.0833. The molecule has 0 saturated carbocycles. The third-order valence-electron chi connectivity index (χ3n) is 2.35. The lowest BCUT2D eigenvalue weighted by Crippen LogP contribution is -2.15. The van der Waals surface area contributed by atoms with Gasteiger partial charge in [-0.15, -0.1) is 11.3 Å². The topological polar surface area (TPSA) is 75.3 Å². The number of sulfonamides is 1. The Hall–Kier alpha value is -1.45. The third kappa shape index (κ3) is 4.02. The van der Waals surface area contributed by atoms with E-state index >= 15 is 0 Å². The molecule has 1 aromatic carbocycles. The molecule has 0 atom stereocenters. The summed E-state index contributed by atoms with van der Waals surface area (Å²) < 4.78 is 40.7. The van der Waals surface area contributed by atoms with Crippen LogP contribution in [0.1, 0.15) is 6.92 Å². The van der Waals surface area contributed by atoms with E-state index in [1.165, 1.54) is 19.1 Å². The molecule has 0 bridgehead atoms. The molecule has 2 aromatic rings. The monoisotopic (exact) mass is 392 g/mol. The second-order valence-corrected chi connectivity index (χ2v) is 8.41. The van der Waals surface area contributed by atoms with Crippen molar-refractivity contribution in [3.8, 4) is 0 Å². The number of benzene rings is 1. The average Bonchev–Trinajstić information content (AvgIpc) is 2.79. The molecule has 0 radical (unpaired) electrons. The van der Waals surface area contributed by atoms with Gasteiger partial charge in [-0.3, -0.25) is 9.52 Å². The van der Waals surface area contributed by atoms with Gasteiger partial charge in [0.25, 0.3) is 10.0 Å². The van der Waals surface area contributed by atoms with Crippen molar-refractivity contribution in [1.82, 2.24) is 0 Å². The lowest BCUT2D eigenvalue weighted by atomic mass is 10.2. The quantitative estimate of drug-likeness (QED) is 0.836. The number of amides is 1. The van der Waals surface area contributed by atoms with Crippen molar-refractivity contribution < 1.29 is 17.6 Å². The smallest absolute Gasteiger partial charge is 0.271 e. The van der Waals surface area contributed by atoms with E-state index < -0.39 is 15.8 Å². The van der Waals surface area contributed by atoms with Crippen LogP contribution in [0.2, 0.25) is 0 Å². The first-order chi connectivity index (χ1) is 9.78. The molecule has 0 unspecified atom stereocenters. The Balaban J connectivity index is 2.38. The molecule has 2 N–H and O–H groups in total. The first-order valence-electron chi connectivity index (χ1n) is 5.63. The number of thiophene rings is 1. The Morgan fingerprint density at radius 2 is 1.95 bits per heavy atom. The number of hydrogen-bond acceptors (Lipinski definition) is 4. The minimum atomic E-state index is -3.85. The van der Waals surface area contributed by atoms with Crippen LogP contribution in [0.3, 0.4) is 0 Å². The van der Waals surface area contributed by atoms with Crippen LogP contribution in [-0.4, -0.2) is 14.3 Å². The maximum atomic E-state index is 13.3. The minimum Gasteiger partial charge on any atom is -0.325 e. The van der Waals surface area contributed by atoms with Gasteiger partial charge in [-0.05, 0) is 40.2 Å². The van der Waals surface area contributed by atoms with E-state index in [2.05, 4.69) is 26.0 Å². The fourth-order valence-electron chi connectivity index (χ4n) is 1.54. The van der Waals surface area contributed by atoms with E-state index in [-0.39, 0.29) is 21.5 Å². The second kappa shape index (κ2) is 6.12. The lowest BCUT2D eigenvalue weighted by molar-refractivity contribution is -0.114. The molecule has 0 spiro atoms. The molecule has 9 heteroatoms. The van der Waals surface area contributed by atoms with Gasteiger partial charge < -0.3 is 5.32 Å². The predicted octanol–water partition coefficient (Wildman–Crippen LogP) is 3.41. The highest BCUT2D eigenvalue weighted by Crippen LogP contribution is 2.30. The maximum Gasteiger partial charge on any atom is 0.271 e. The van der Waals surface area contributed by atoms with Gasteiger partial charge in [0.05, 0.1) is 15.2 Å². The summed E-state index contributed by atoms with van der Waals surface area (Å²) in [4.78, 5) is 11.1. The van der Waals surface area contributed by atoms with Gasteiger partial charge in [0.1, 0.15) is 10.0 Å². The third-order valence-corrected chi connectivity index (χ3v) is 5.83. The predicted molar refractivity (Wildman–Crippen MR) is 83.5 cm³/mol. The Morgan fingerprint density at radius 3 is 2.52 bits per heavy atom. The maximum absolute atomic E-state index is 13.3. The van der Waals surface area contributed by atoms with Gasteiger partial charge in [-0.1, -0.05) is 0 Å². The lowest BCUT2D eigenvalue weighted by Gasteiger charge is -2.12. The van der Waals surface area contributed by atoms with Crippen molar-refractivity contribution in [2.45, 2.75) is 11.1 Å². The van der Waals surface area contributed by atoms with Crippen LogP contribution in [-0.2, 0) is 14.8 Å². The van der Waals surface area contributed by atoms with Gasteiger partial charge >= 0.3 is 0 Å². The summed E-state index contributed by atoms with van der Waals surface area (Å²) >= 11 is 4.20. The van der Waals surface area contributed by atoms with E-state index in [4.69, 9.17) is 0 Å². The fourth-order valence-corrected chi connectivity index (χ4v) is 4.62. The minimum absolute atomic E-state index is 0.0327. The normalized spacial score (nSPS) is 11.2. The SMILES string of the molecule is CC(=O)Nc1ccc(F)cc1NS(=O)(=O)c1ccc(Br)s1. The van der Waals surface area contributed by atoms with E-state index in [0.717, 1.165) is 23.5 Å². The van der Waals surface area contributed by atoms with Crippen molar-refractivity contribution in [2.24, 2.45) is 0 Å². The van der Waals surface area contributed by atoms with Crippen LogP contribution in [0.5, 0.6) is 0 Å². The summed E-state index contributed by atoms with van der Waals surface area (Å²) in [7, 11) is -3.85. The molecule has 112 valence electrons. The summed E-state index contributed by atoms with van der Waals surface area (Å²) in [6, 6.07) is 6.45. The first kappa shape index (κ1) is 15.9. The molecule has 1 aromatic heterocycles. The van der Waals surface area contributed by atoms with E-state index in [1.54, 1.807) is 6.07 Å². The largest absolute Gasteiger partial charge is 0.325 e. The van der Waals surface area contributed by atoms with Crippen LogP contribution in [0, 0.1) is 5.82 Å². The molecule has 0 aliphatic carbocycles. The zero-order valence-corrected chi connectivity index (χ0v) is 13.9. The van der Waals surface area contributed by atoms with Crippen LogP contribution < -0.4 is 10.0 Å². The highest BCUT2D eigenvalue weighted by molar-refractivity contribution is 9.11. The molecule has 1 heterocycles. The molecule has 2 rings (SSSR count). The van der Waals surface area contributed by atoms with E-state index in [0.29, 0.717) is 3.79 Å². The molecule has 0 aliphatic rings. The van der Waals surface area contributed by atoms with Gasteiger partial charge in [-0.25, -0.2) is 12.8 Å². The van der Waals surface area contributed by atoms with E-state index in [9.17, 15) is 17.6 Å². The number of halogens is 2. The van der Waals surface area contributed by atoms with Gasteiger partial charge in [0.15, 0.2) is 0 Å². The van der Waals surface area contributed by atoms with Crippen molar-refractivity contribution in [1.29, 1.82) is 0 Å². The van der Waals surface area contributed by atoms with Crippen molar-refractivity contribution in [2.75, 3.05) is 10.0 Å². The molecule has 5 nitrogen and oxygen atoms in total. The van der Waals surface area contributed by atoms with E-state index in [1.807, 2.05) is 0 Å². The highest BCUT2D eigenvalue weighted by atomic mass is 79.9. The summed E-state index contributed by atoms with van der Waals surface area (Å²) in [5.41, 5.74) is 0.151. The zero-order chi connectivity index (χ0) is 15.6. The Labute approximate surface area is 133 Å². The average molecular weight is 393 g/mol. The molecule has 0 aliphatic heterocycles. The molecule has 1 amide bonds. The number of nitrogens with one attached hydrogen (secondary N) is 2. The Morgan fingerprint density at radius 1 is 1.24 bits per heavy atom. The number of anilines is 2. The summed E-state index contributed by atoms with van der Waals surface area (Å²) in [6.07, 6.45) is 0. The van der Waals surface area contributed by atoms with Crippen molar-refractivity contribution in [3.63, 3.8) is 0 Å². The van der Waals surface area contributed by atoms with Gasteiger partial charge in [-0.2, -0.15) is 0 Å². The van der Waals surface area contributed by atoms with Crippen LogP contribution in [0.15, 0.2) is 38.3 Å². The molecular weight excluding hydrogens is 383 g/mol.